The van der Waals surface area contributed by atoms with Crippen LogP contribution in [0.2, 0.25) is 0 Å². The van der Waals surface area contributed by atoms with E-state index in [0.29, 0.717) is 0 Å². The number of halogens is 1. The van der Waals surface area contributed by atoms with Crippen LogP contribution in [-0.2, 0) is 6.54 Å². The number of aryl methyl sites for hydroxylation is 2. The molecule has 0 saturated carbocycles. The van der Waals surface area contributed by atoms with Gasteiger partial charge in [0.2, 0.25) is 0 Å². The van der Waals surface area contributed by atoms with Crippen molar-refractivity contribution in [2.24, 2.45) is 0 Å². The monoisotopic (exact) mass is 343 g/mol. The van der Waals surface area contributed by atoms with Crippen molar-refractivity contribution in [1.82, 2.24) is 35.1 Å². The Labute approximate surface area is 145 Å². The third-order valence-electron chi connectivity index (χ3n) is 4.92. The van der Waals surface area contributed by atoms with Crippen molar-refractivity contribution >= 4 is 11.0 Å². The first-order valence-electron chi connectivity index (χ1n) is 8.83. The average Bonchev–Trinajstić information content (AvgIpc) is 3.21. The number of benzene rings is 1. The van der Waals surface area contributed by atoms with E-state index < -0.39 is 0 Å². The van der Waals surface area contributed by atoms with Crippen LogP contribution in [0.3, 0.4) is 0 Å². The Kier molecular flexibility index (Phi) is 4.44. The Bertz CT molecular complexity index is 856. The van der Waals surface area contributed by atoms with Gasteiger partial charge in [-0.15, -0.1) is 5.10 Å². The minimum Gasteiger partial charge on any atom is -0.341 e. The Hall–Kier alpha value is -2.35. The van der Waals surface area contributed by atoms with Crippen LogP contribution < -0.4 is 0 Å². The molecule has 0 spiro atoms. The summed E-state index contributed by atoms with van der Waals surface area (Å²) in [6.07, 6.45) is 4.46. The maximum Gasteiger partial charge on any atom is 0.148 e. The summed E-state index contributed by atoms with van der Waals surface area (Å²) >= 11 is 0. The third-order valence-corrected chi connectivity index (χ3v) is 4.92. The maximum absolute atomic E-state index is 13.4. The van der Waals surface area contributed by atoms with Crippen molar-refractivity contribution in [3.05, 3.63) is 35.7 Å². The highest BCUT2D eigenvalue weighted by atomic mass is 19.1. The van der Waals surface area contributed by atoms with E-state index in [4.69, 9.17) is 4.98 Å². The van der Waals surface area contributed by atoms with E-state index in [0.717, 1.165) is 55.2 Å². The first-order valence-corrected chi connectivity index (χ1v) is 8.83. The van der Waals surface area contributed by atoms with E-state index in [2.05, 4.69) is 25.4 Å². The molecule has 0 unspecified atom stereocenters. The van der Waals surface area contributed by atoms with Crippen LogP contribution in [-0.4, -0.2) is 48.2 Å². The molecular formula is C17H22FN7. The number of likely N-dealkylation sites (tertiary alicyclic amines) is 1. The number of imidazole rings is 1. The Morgan fingerprint density at radius 1 is 1.28 bits per heavy atom. The summed E-state index contributed by atoms with van der Waals surface area (Å²) in [4.78, 5) is 10.5. The number of aromatic amines is 1. The van der Waals surface area contributed by atoms with Crippen molar-refractivity contribution in [1.29, 1.82) is 0 Å². The van der Waals surface area contributed by atoms with E-state index in [1.807, 2.05) is 11.6 Å². The summed E-state index contributed by atoms with van der Waals surface area (Å²) in [6, 6.07) is 4.97. The van der Waals surface area contributed by atoms with E-state index in [1.165, 1.54) is 25.0 Å². The number of nitrogens with one attached hydrogen (secondary N) is 1. The first-order chi connectivity index (χ1) is 12.2. The van der Waals surface area contributed by atoms with Gasteiger partial charge < -0.3 is 4.98 Å². The standard InChI is InChI=1S/C17H22FN7/c1-12-21-22-23-25(12)10-4-9-24-8-3-2-5-16(24)17-19-14-7-6-13(18)11-15(14)20-17/h6-7,11,16H,2-5,8-10H2,1H3,(H,19,20)/t16-/m1/s1. The van der Waals surface area contributed by atoms with Gasteiger partial charge in [-0.3, -0.25) is 4.90 Å². The zero-order chi connectivity index (χ0) is 17.2. The lowest BCUT2D eigenvalue weighted by Crippen LogP contribution is -2.35. The highest BCUT2D eigenvalue weighted by Crippen LogP contribution is 2.30. The fourth-order valence-corrected chi connectivity index (χ4v) is 3.61. The van der Waals surface area contributed by atoms with Crippen LogP contribution in [0.15, 0.2) is 18.2 Å². The SMILES string of the molecule is Cc1nnnn1CCCN1CCCC[C@@H]1c1nc2ccc(F)cc2[nH]1. The molecule has 1 N–H and O–H groups in total. The second kappa shape index (κ2) is 6.87. The molecule has 8 heteroatoms. The number of piperidine rings is 1. The summed E-state index contributed by atoms with van der Waals surface area (Å²) in [5.41, 5.74) is 1.59. The van der Waals surface area contributed by atoms with Crippen LogP contribution >= 0.6 is 0 Å². The van der Waals surface area contributed by atoms with Gasteiger partial charge in [0.25, 0.3) is 0 Å². The molecule has 1 saturated heterocycles. The molecule has 0 aliphatic carbocycles. The van der Waals surface area contributed by atoms with Gasteiger partial charge in [0.05, 0.1) is 17.1 Å². The van der Waals surface area contributed by atoms with Crippen molar-refractivity contribution in [3.8, 4) is 0 Å². The molecule has 1 fully saturated rings. The predicted octanol–water partition coefficient (Wildman–Crippen LogP) is 2.61. The van der Waals surface area contributed by atoms with Crippen molar-refractivity contribution in [2.45, 2.75) is 45.2 Å². The molecule has 4 rings (SSSR count). The fraction of sp³-hybridized carbons (Fsp3) is 0.529. The highest BCUT2D eigenvalue weighted by Gasteiger charge is 2.26. The highest BCUT2D eigenvalue weighted by molar-refractivity contribution is 5.75. The van der Waals surface area contributed by atoms with Crippen LogP contribution in [0, 0.1) is 12.7 Å². The second-order valence-corrected chi connectivity index (χ2v) is 6.63. The largest absolute Gasteiger partial charge is 0.341 e. The minimum atomic E-state index is -0.236. The first kappa shape index (κ1) is 16.1. The molecule has 3 heterocycles. The lowest BCUT2D eigenvalue weighted by molar-refractivity contribution is 0.138. The van der Waals surface area contributed by atoms with Gasteiger partial charge in [0.1, 0.15) is 17.5 Å². The zero-order valence-electron chi connectivity index (χ0n) is 14.3. The van der Waals surface area contributed by atoms with Gasteiger partial charge in [-0.1, -0.05) is 6.42 Å². The van der Waals surface area contributed by atoms with E-state index in [1.54, 1.807) is 6.07 Å². The molecule has 0 amide bonds. The number of tetrazole rings is 1. The number of rotatable bonds is 5. The summed E-state index contributed by atoms with van der Waals surface area (Å²) in [5, 5.41) is 11.6. The molecule has 2 aromatic heterocycles. The zero-order valence-corrected chi connectivity index (χ0v) is 14.3. The molecule has 0 bridgehead atoms. The third kappa shape index (κ3) is 3.39. The molecule has 1 atom stereocenters. The Balaban J connectivity index is 1.47. The van der Waals surface area contributed by atoms with Crippen molar-refractivity contribution in [3.63, 3.8) is 0 Å². The van der Waals surface area contributed by atoms with E-state index >= 15 is 0 Å². The number of nitrogens with zero attached hydrogens (tertiary/aromatic N) is 6. The molecule has 7 nitrogen and oxygen atoms in total. The van der Waals surface area contributed by atoms with Crippen molar-refractivity contribution < 1.29 is 4.39 Å². The van der Waals surface area contributed by atoms with Gasteiger partial charge in [-0.25, -0.2) is 14.1 Å². The van der Waals surface area contributed by atoms with Gasteiger partial charge in [0.15, 0.2) is 0 Å². The summed E-state index contributed by atoms with van der Waals surface area (Å²) in [5.74, 6) is 1.55. The number of fused-ring (bicyclic) bond motifs is 1. The molecule has 1 aliphatic heterocycles. The molecule has 132 valence electrons. The fourth-order valence-electron chi connectivity index (χ4n) is 3.61. The summed E-state index contributed by atoms with van der Waals surface area (Å²) in [6.45, 7) is 4.75. The van der Waals surface area contributed by atoms with Gasteiger partial charge >= 0.3 is 0 Å². The summed E-state index contributed by atoms with van der Waals surface area (Å²) in [7, 11) is 0. The molecule has 25 heavy (non-hydrogen) atoms. The topological polar surface area (TPSA) is 75.5 Å². The maximum atomic E-state index is 13.4. The molecule has 1 aliphatic rings. The van der Waals surface area contributed by atoms with Crippen LogP contribution in [0.25, 0.3) is 11.0 Å². The number of aromatic nitrogens is 6. The van der Waals surface area contributed by atoms with Crippen LogP contribution in [0.5, 0.6) is 0 Å². The molecule has 1 aromatic carbocycles. The van der Waals surface area contributed by atoms with Crippen molar-refractivity contribution in [2.75, 3.05) is 13.1 Å². The lowest BCUT2D eigenvalue weighted by Gasteiger charge is -2.34. The van der Waals surface area contributed by atoms with E-state index in [9.17, 15) is 4.39 Å². The predicted molar refractivity (Wildman–Crippen MR) is 91.4 cm³/mol. The number of H-pyrrole nitrogens is 1. The minimum absolute atomic E-state index is 0.236. The number of hydrogen-bond donors (Lipinski definition) is 1. The second-order valence-electron chi connectivity index (χ2n) is 6.63. The Morgan fingerprint density at radius 3 is 3.04 bits per heavy atom. The van der Waals surface area contributed by atoms with E-state index in [-0.39, 0.29) is 11.9 Å². The van der Waals surface area contributed by atoms with Crippen LogP contribution in [0.1, 0.15) is 43.4 Å². The molecule has 0 radical (unpaired) electrons. The van der Waals surface area contributed by atoms with Gasteiger partial charge in [-0.05, 0) is 61.4 Å². The number of hydrogen-bond acceptors (Lipinski definition) is 5. The quantitative estimate of drug-likeness (QED) is 0.771. The van der Waals surface area contributed by atoms with Gasteiger partial charge in [0, 0.05) is 13.1 Å². The molecule has 3 aromatic rings. The molecular weight excluding hydrogens is 321 g/mol. The Morgan fingerprint density at radius 2 is 2.20 bits per heavy atom. The smallest absolute Gasteiger partial charge is 0.148 e. The van der Waals surface area contributed by atoms with Crippen LogP contribution in [0.4, 0.5) is 4.39 Å². The normalized spacial score (nSPS) is 18.9. The lowest BCUT2D eigenvalue weighted by atomic mass is 10.0. The average molecular weight is 343 g/mol. The van der Waals surface area contributed by atoms with Gasteiger partial charge in [-0.2, -0.15) is 0 Å². The summed E-state index contributed by atoms with van der Waals surface area (Å²) < 4.78 is 15.3.